The minimum Gasteiger partial charge on any atom is -0.476 e. The van der Waals surface area contributed by atoms with Crippen LogP contribution in [0.2, 0.25) is 0 Å². The van der Waals surface area contributed by atoms with Crippen LogP contribution in [-0.4, -0.2) is 32.0 Å². The van der Waals surface area contributed by atoms with E-state index in [0.717, 1.165) is 0 Å². The first-order valence-corrected chi connectivity index (χ1v) is 6.54. The quantitative estimate of drug-likeness (QED) is 0.342. The molecule has 104 valence electrons. The van der Waals surface area contributed by atoms with Crippen molar-refractivity contribution in [1.29, 1.82) is 5.41 Å². The van der Waals surface area contributed by atoms with Gasteiger partial charge in [-0.15, -0.1) is 6.58 Å². The van der Waals surface area contributed by atoms with Gasteiger partial charge in [0.05, 0.1) is 6.04 Å². The van der Waals surface area contributed by atoms with E-state index in [1.54, 1.807) is 0 Å². The molecule has 0 fully saturated rings. The van der Waals surface area contributed by atoms with E-state index >= 15 is 0 Å². The van der Waals surface area contributed by atoms with Gasteiger partial charge < -0.3 is 10.1 Å². The molecule has 1 amide bonds. The number of hydrogen-bond donors (Lipinski definition) is 2. The van der Waals surface area contributed by atoms with E-state index in [9.17, 15) is 4.79 Å². The SMILES string of the molecule is C=CC(COC(=N)C(Cl)(Cl)Cl)NC(=O)C(Cl)(Cl)Cl. The zero-order valence-corrected chi connectivity index (χ0v) is 13.2. The van der Waals surface area contributed by atoms with E-state index in [1.165, 1.54) is 6.08 Å². The van der Waals surface area contributed by atoms with Crippen molar-refractivity contribution in [1.82, 2.24) is 5.32 Å². The van der Waals surface area contributed by atoms with Crippen LogP contribution in [0.1, 0.15) is 0 Å². The fraction of sp³-hybridized carbons (Fsp3) is 0.500. The van der Waals surface area contributed by atoms with Crippen LogP contribution >= 0.6 is 69.6 Å². The van der Waals surface area contributed by atoms with Crippen LogP contribution in [0.5, 0.6) is 0 Å². The average Bonchev–Trinajstić information content (AvgIpc) is 2.20. The summed E-state index contributed by atoms with van der Waals surface area (Å²) in [6.45, 7) is 3.25. The first-order valence-electron chi connectivity index (χ1n) is 4.27. The first kappa shape index (κ1) is 18.4. The molecule has 1 atom stereocenters. The van der Waals surface area contributed by atoms with Crippen LogP contribution in [0.3, 0.4) is 0 Å². The summed E-state index contributed by atoms with van der Waals surface area (Å²) in [5.74, 6) is -1.45. The molecule has 0 radical (unpaired) electrons. The zero-order valence-electron chi connectivity index (χ0n) is 8.65. The van der Waals surface area contributed by atoms with Gasteiger partial charge in [0.15, 0.2) is 0 Å². The summed E-state index contributed by atoms with van der Waals surface area (Å²) >= 11 is 32.3. The van der Waals surface area contributed by atoms with Crippen molar-refractivity contribution in [3.05, 3.63) is 12.7 Å². The predicted molar refractivity (Wildman–Crippen MR) is 76.4 cm³/mol. The summed E-state index contributed by atoms with van der Waals surface area (Å²) in [7, 11) is 0. The molecule has 0 saturated heterocycles. The van der Waals surface area contributed by atoms with Gasteiger partial charge in [-0.3, -0.25) is 10.2 Å². The first-order chi connectivity index (χ1) is 7.98. The maximum absolute atomic E-state index is 11.3. The van der Waals surface area contributed by atoms with E-state index in [2.05, 4.69) is 11.9 Å². The number of alkyl halides is 6. The van der Waals surface area contributed by atoms with Gasteiger partial charge in [0.2, 0.25) is 5.90 Å². The molecular formula is C8H8Cl6N2O2. The third kappa shape index (κ3) is 7.12. The molecule has 0 bridgehead atoms. The molecule has 0 aliphatic carbocycles. The normalized spacial score (nSPS) is 13.7. The Morgan fingerprint density at radius 2 is 1.78 bits per heavy atom. The molecule has 4 nitrogen and oxygen atoms in total. The van der Waals surface area contributed by atoms with E-state index in [0.29, 0.717) is 0 Å². The highest BCUT2D eigenvalue weighted by atomic mass is 35.6. The summed E-state index contributed by atoms with van der Waals surface area (Å²) in [6.07, 6.45) is 1.32. The number of carbonyl (C=O) groups is 1. The molecule has 10 heteroatoms. The molecule has 0 saturated carbocycles. The topological polar surface area (TPSA) is 62.2 Å². The summed E-state index contributed by atoms with van der Waals surface area (Å²) in [4.78, 5) is 11.3. The van der Waals surface area contributed by atoms with Gasteiger partial charge in [0.25, 0.3) is 13.5 Å². The molecule has 0 aromatic rings. The van der Waals surface area contributed by atoms with Gasteiger partial charge in [-0.25, -0.2) is 0 Å². The average molecular weight is 377 g/mol. The van der Waals surface area contributed by atoms with Crippen LogP contribution in [0.25, 0.3) is 0 Å². The van der Waals surface area contributed by atoms with Crippen molar-refractivity contribution >= 4 is 81.4 Å². The van der Waals surface area contributed by atoms with E-state index in [4.69, 9.17) is 79.8 Å². The minimum atomic E-state index is -2.11. The number of amides is 1. The fourth-order valence-corrected chi connectivity index (χ4v) is 1.00. The molecule has 2 N–H and O–H groups in total. The number of ether oxygens (including phenoxy) is 1. The van der Waals surface area contributed by atoms with Crippen molar-refractivity contribution in [3.63, 3.8) is 0 Å². The lowest BCUT2D eigenvalue weighted by Crippen LogP contribution is -2.43. The third-order valence-electron chi connectivity index (χ3n) is 1.52. The second-order valence-electron chi connectivity index (χ2n) is 2.95. The molecule has 0 spiro atoms. The minimum absolute atomic E-state index is 0.192. The largest absolute Gasteiger partial charge is 0.476 e. The van der Waals surface area contributed by atoms with Crippen molar-refractivity contribution < 1.29 is 9.53 Å². The van der Waals surface area contributed by atoms with Gasteiger partial charge in [-0.2, -0.15) is 0 Å². The predicted octanol–water partition coefficient (Wildman–Crippen LogP) is 3.39. The Labute approximate surface area is 134 Å². The maximum Gasteiger partial charge on any atom is 0.272 e. The number of carbonyl (C=O) groups excluding carboxylic acids is 1. The fourth-order valence-electron chi connectivity index (χ4n) is 0.674. The lowest BCUT2D eigenvalue weighted by atomic mass is 10.3. The summed E-state index contributed by atoms with van der Waals surface area (Å²) in [6, 6.07) is -0.708. The Morgan fingerprint density at radius 3 is 2.11 bits per heavy atom. The maximum atomic E-state index is 11.3. The van der Waals surface area contributed by atoms with Gasteiger partial charge in [0.1, 0.15) is 6.61 Å². The second kappa shape index (κ2) is 7.27. The Morgan fingerprint density at radius 1 is 1.28 bits per heavy atom. The molecule has 0 aliphatic rings. The highest BCUT2D eigenvalue weighted by Gasteiger charge is 2.33. The molecule has 18 heavy (non-hydrogen) atoms. The zero-order chi connectivity index (χ0) is 14.6. The monoisotopic (exact) mass is 374 g/mol. The Bertz CT molecular complexity index is 335. The number of hydrogen-bond acceptors (Lipinski definition) is 3. The summed E-state index contributed by atoms with van der Waals surface area (Å²) < 4.78 is 0.757. The van der Waals surface area contributed by atoms with Crippen molar-refractivity contribution in [3.8, 4) is 0 Å². The third-order valence-corrected chi connectivity index (χ3v) is 2.55. The standard InChI is InChI=1S/C8H8Cl6N2O2/c1-2-4(16-6(17)8(12,13)14)3-18-5(15)7(9,10)11/h2,4,15H,1,3H2,(H,16,17). The summed E-state index contributed by atoms with van der Waals surface area (Å²) in [5.41, 5.74) is 0. The smallest absolute Gasteiger partial charge is 0.272 e. The van der Waals surface area contributed by atoms with Gasteiger partial charge in [-0.05, 0) is 0 Å². The number of rotatable bonds is 4. The number of halogens is 6. The van der Waals surface area contributed by atoms with E-state index in [-0.39, 0.29) is 6.61 Å². The molecule has 0 aromatic heterocycles. The van der Waals surface area contributed by atoms with Crippen molar-refractivity contribution in [2.75, 3.05) is 6.61 Å². The molecule has 0 aliphatic heterocycles. The van der Waals surface area contributed by atoms with Crippen LogP contribution in [0, 0.1) is 5.41 Å². The number of nitrogens with one attached hydrogen (secondary N) is 2. The van der Waals surface area contributed by atoms with Gasteiger partial charge >= 0.3 is 0 Å². The van der Waals surface area contributed by atoms with Crippen LogP contribution in [0.4, 0.5) is 0 Å². The molecule has 0 aromatic carbocycles. The highest BCUT2D eigenvalue weighted by molar-refractivity contribution is 6.76. The Kier molecular flexibility index (Phi) is 7.44. The molecule has 0 rings (SSSR count). The van der Waals surface area contributed by atoms with Crippen LogP contribution < -0.4 is 5.32 Å². The lowest BCUT2D eigenvalue weighted by molar-refractivity contribution is -0.120. The van der Waals surface area contributed by atoms with Crippen molar-refractivity contribution in [2.45, 2.75) is 13.6 Å². The Balaban J connectivity index is 4.35. The highest BCUT2D eigenvalue weighted by Crippen LogP contribution is 2.28. The Hall–Kier alpha value is 0.420. The van der Waals surface area contributed by atoms with Crippen LogP contribution in [0.15, 0.2) is 12.7 Å². The molecule has 1 unspecified atom stereocenters. The lowest BCUT2D eigenvalue weighted by Gasteiger charge is -2.20. The van der Waals surface area contributed by atoms with E-state index in [1.807, 2.05) is 0 Å². The van der Waals surface area contributed by atoms with Crippen molar-refractivity contribution in [2.24, 2.45) is 0 Å². The second-order valence-corrected chi connectivity index (χ2v) is 7.51. The van der Waals surface area contributed by atoms with E-state index < -0.39 is 25.4 Å². The van der Waals surface area contributed by atoms with Gasteiger partial charge in [-0.1, -0.05) is 75.7 Å². The van der Waals surface area contributed by atoms with Crippen LogP contribution in [-0.2, 0) is 9.53 Å². The molecular weight excluding hydrogens is 369 g/mol. The summed E-state index contributed by atoms with van der Waals surface area (Å²) in [5, 5.41) is 9.58. The van der Waals surface area contributed by atoms with Gasteiger partial charge in [0, 0.05) is 0 Å². The molecule has 0 heterocycles.